The van der Waals surface area contributed by atoms with Crippen LogP contribution in [0.5, 0.6) is 5.75 Å². The van der Waals surface area contributed by atoms with Crippen molar-refractivity contribution < 1.29 is 9.53 Å². The van der Waals surface area contributed by atoms with Gasteiger partial charge in [-0.3, -0.25) is 4.79 Å². The van der Waals surface area contributed by atoms with Gasteiger partial charge in [0.2, 0.25) is 0 Å². The summed E-state index contributed by atoms with van der Waals surface area (Å²) in [6.07, 6.45) is 0.893. The second-order valence-corrected chi connectivity index (χ2v) is 6.24. The van der Waals surface area contributed by atoms with Crippen molar-refractivity contribution in [2.45, 2.75) is 33.2 Å². The van der Waals surface area contributed by atoms with E-state index in [0.717, 1.165) is 28.9 Å². The number of amides is 1. The quantitative estimate of drug-likeness (QED) is 0.851. The van der Waals surface area contributed by atoms with Gasteiger partial charge in [-0.25, -0.2) is 0 Å². The van der Waals surface area contributed by atoms with Gasteiger partial charge in [0.05, 0.1) is 13.2 Å². The smallest absolute Gasteiger partial charge is 0.252 e. The maximum atomic E-state index is 12.6. The lowest BCUT2D eigenvalue weighted by Crippen LogP contribution is -2.30. The summed E-state index contributed by atoms with van der Waals surface area (Å²) in [5, 5.41) is 3.18. The molecule has 1 N–H and O–H groups in total. The molecule has 2 rings (SSSR count). The Kier molecular flexibility index (Phi) is 5.80. The van der Waals surface area contributed by atoms with E-state index in [1.54, 1.807) is 7.11 Å². The van der Waals surface area contributed by atoms with Crippen LogP contribution in [-0.4, -0.2) is 13.0 Å². The Bertz CT molecular complexity index is 647. The monoisotopic (exact) mass is 311 g/mol. The third-order valence-corrected chi connectivity index (χ3v) is 3.92. The molecule has 1 amide bonds. The van der Waals surface area contributed by atoms with Crippen LogP contribution in [0.15, 0.2) is 48.5 Å². The van der Waals surface area contributed by atoms with Gasteiger partial charge in [-0.1, -0.05) is 44.2 Å². The lowest BCUT2D eigenvalue weighted by molar-refractivity contribution is 0.0931. The van der Waals surface area contributed by atoms with Crippen molar-refractivity contribution >= 4 is 5.91 Å². The molecular weight excluding hydrogens is 286 g/mol. The average molecular weight is 311 g/mol. The highest BCUT2D eigenvalue weighted by Gasteiger charge is 2.18. The number of rotatable bonds is 6. The lowest BCUT2D eigenvalue weighted by Gasteiger charge is -2.22. The largest absolute Gasteiger partial charge is 0.497 e. The van der Waals surface area contributed by atoms with Crippen LogP contribution in [0.2, 0.25) is 0 Å². The molecule has 0 radical (unpaired) electrons. The Balaban J connectivity index is 2.21. The number of methoxy groups -OCH3 is 1. The van der Waals surface area contributed by atoms with Gasteiger partial charge in [0, 0.05) is 5.56 Å². The molecule has 0 spiro atoms. The topological polar surface area (TPSA) is 38.3 Å². The highest BCUT2D eigenvalue weighted by Crippen LogP contribution is 2.24. The second-order valence-electron chi connectivity index (χ2n) is 6.24. The van der Waals surface area contributed by atoms with E-state index in [0.29, 0.717) is 5.92 Å². The van der Waals surface area contributed by atoms with Crippen molar-refractivity contribution in [3.05, 3.63) is 65.2 Å². The number of hydrogen-bond donors (Lipinski definition) is 1. The number of carbonyl (C=O) groups is 1. The molecule has 23 heavy (non-hydrogen) atoms. The van der Waals surface area contributed by atoms with Crippen molar-refractivity contribution in [1.82, 2.24) is 5.32 Å². The van der Waals surface area contributed by atoms with Crippen LogP contribution in [0.3, 0.4) is 0 Å². The van der Waals surface area contributed by atoms with E-state index in [1.807, 2.05) is 55.5 Å². The summed E-state index contributed by atoms with van der Waals surface area (Å²) in [7, 11) is 1.65. The first-order valence-corrected chi connectivity index (χ1v) is 8.01. The van der Waals surface area contributed by atoms with Gasteiger partial charge in [0.1, 0.15) is 5.75 Å². The van der Waals surface area contributed by atoms with Crippen LogP contribution in [0.1, 0.15) is 47.8 Å². The van der Waals surface area contributed by atoms with Gasteiger partial charge in [0.15, 0.2) is 0 Å². The molecule has 0 heterocycles. The lowest BCUT2D eigenvalue weighted by atomic mass is 9.96. The Morgan fingerprint density at radius 2 is 1.74 bits per heavy atom. The SMILES string of the molecule is COc1ccc([C@H](CC(C)C)NC(=O)c2ccccc2C)cc1. The maximum absolute atomic E-state index is 12.6. The van der Waals surface area contributed by atoms with E-state index in [1.165, 1.54) is 0 Å². The molecule has 2 aromatic rings. The molecule has 122 valence electrons. The third-order valence-electron chi connectivity index (χ3n) is 3.92. The van der Waals surface area contributed by atoms with E-state index in [2.05, 4.69) is 19.2 Å². The van der Waals surface area contributed by atoms with Gasteiger partial charge in [-0.15, -0.1) is 0 Å². The normalized spacial score (nSPS) is 12.0. The minimum absolute atomic E-state index is 0.00647. The Morgan fingerprint density at radius 3 is 2.30 bits per heavy atom. The Labute approximate surface area is 138 Å². The summed E-state index contributed by atoms with van der Waals surface area (Å²) >= 11 is 0. The zero-order valence-corrected chi connectivity index (χ0v) is 14.3. The van der Waals surface area contributed by atoms with Crippen molar-refractivity contribution in [3.8, 4) is 5.75 Å². The number of benzene rings is 2. The van der Waals surface area contributed by atoms with Crippen molar-refractivity contribution in [3.63, 3.8) is 0 Å². The van der Waals surface area contributed by atoms with Crippen LogP contribution in [0.25, 0.3) is 0 Å². The van der Waals surface area contributed by atoms with Crippen LogP contribution < -0.4 is 10.1 Å². The molecule has 0 aromatic heterocycles. The molecule has 0 fully saturated rings. The summed E-state index contributed by atoms with van der Waals surface area (Å²) in [5.41, 5.74) is 2.82. The third kappa shape index (κ3) is 4.59. The molecule has 0 unspecified atom stereocenters. The molecule has 0 aliphatic rings. The highest BCUT2D eigenvalue weighted by molar-refractivity contribution is 5.95. The van der Waals surface area contributed by atoms with E-state index in [-0.39, 0.29) is 11.9 Å². The molecule has 0 saturated heterocycles. The first-order chi connectivity index (χ1) is 11.0. The molecule has 0 aliphatic carbocycles. The molecule has 3 nitrogen and oxygen atoms in total. The van der Waals surface area contributed by atoms with E-state index in [9.17, 15) is 4.79 Å². The fourth-order valence-electron chi connectivity index (χ4n) is 2.65. The standard InChI is InChI=1S/C20H25NO2/c1-14(2)13-19(16-9-11-17(23-4)12-10-16)21-20(22)18-8-6-5-7-15(18)3/h5-12,14,19H,13H2,1-4H3,(H,21,22)/t19-/m0/s1. The van der Waals surface area contributed by atoms with Crippen LogP contribution in [0, 0.1) is 12.8 Å². The summed E-state index contributed by atoms with van der Waals surface area (Å²) in [5.74, 6) is 1.28. The molecule has 1 atom stereocenters. The first-order valence-electron chi connectivity index (χ1n) is 8.01. The molecule has 3 heteroatoms. The summed E-state index contributed by atoms with van der Waals surface area (Å²) in [6, 6.07) is 15.6. The molecule has 0 bridgehead atoms. The van der Waals surface area contributed by atoms with E-state index >= 15 is 0 Å². The summed E-state index contributed by atoms with van der Waals surface area (Å²) in [6.45, 7) is 6.28. The second kappa shape index (κ2) is 7.82. The molecule has 2 aromatic carbocycles. The van der Waals surface area contributed by atoms with Crippen molar-refractivity contribution in [2.75, 3.05) is 7.11 Å². The molecular formula is C20H25NO2. The average Bonchev–Trinajstić information content (AvgIpc) is 2.54. The molecule has 0 saturated carbocycles. The van der Waals surface area contributed by atoms with Gasteiger partial charge in [0.25, 0.3) is 5.91 Å². The minimum atomic E-state index is -0.0235. The van der Waals surface area contributed by atoms with Gasteiger partial charge >= 0.3 is 0 Å². The van der Waals surface area contributed by atoms with Crippen LogP contribution >= 0.6 is 0 Å². The Morgan fingerprint density at radius 1 is 1.09 bits per heavy atom. The van der Waals surface area contributed by atoms with E-state index < -0.39 is 0 Å². The number of aryl methyl sites for hydroxylation is 1. The fourth-order valence-corrected chi connectivity index (χ4v) is 2.65. The number of carbonyl (C=O) groups excluding carboxylic acids is 1. The van der Waals surface area contributed by atoms with Crippen LogP contribution in [-0.2, 0) is 0 Å². The summed E-state index contributed by atoms with van der Waals surface area (Å²) in [4.78, 5) is 12.6. The maximum Gasteiger partial charge on any atom is 0.252 e. The predicted octanol–water partition coefficient (Wildman–Crippen LogP) is 4.52. The molecule has 0 aliphatic heterocycles. The first kappa shape index (κ1) is 17.1. The van der Waals surface area contributed by atoms with Gasteiger partial charge < -0.3 is 10.1 Å². The zero-order valence-electron chi connectivity index (χ0n) is 14.3. The Hall–Kier alpha value is -2.29. The van der Waals surface area contributed by atoms with Crippen molar-refractivity contribution in [1.29, 1.82) is 0 Å². The number of nitrogens with one attached hydrogen (secondary N) is 1. The van der Waals surface area contributed by atoms with Gasteiger partial charge in [-0.2, -0.15) is 0 Å². The zero-order chi connectivity index (χ0) is 16.8. The van der Waals surface area contributed by atoms with Crippen molar-refractivity contribution in [2.24, 2.45) is 5.92 Å². The fraction of sp³-hybridized carbons (Fsp3) is 0.350. The summed E-state index contributed by atoms with van der Waals surface area (Å²) < 4.78 is 5.21. The number of ether oxygens (including phenoxy) is 1. The predicted molar refractivity (Wildman–Crippen MR) is 93.8 cm³/mol. The van der Waals surface area contributed by atoms with E-state index in [4.69, 9.17) is 4.74 Å². The minimum Gasteiger partial charge on any atom is -0.497 e. The van der Waals surface area contributed by atoms with Gasteiger partial charge in [-0.05, 0) is 48.6 Å². The number of hydrogen-bond acceptors (Lipinski definition) is 2. The highest BCUT2D eigenvalue weighted by atomic mass is 16.5. The van der Waals surface area contributed by atoms with Crippen LogP contribution in [0.4, 0.5) is 0 Å².